The van der Waals surface area contributed by atoms with Crippen LogP contribution >= 0.6 is 0 Å². The van der Waals surface area contributed by atoms with Crippen molar-refractivity contribution < 1.29 is 4.79 Å². The standard InChI is InChI=1S/C14H15N5O/c1-10(2)19-9-11(7-15-19)17-14(20)12-8-16-18-6-4-3-5-13(12)18/h3-10H,1-2H3,(H,17,20). The molecule has 3 aromatic rings. The van der Waals surface area contributed by atoms with Gasteiger partial charge in [0, 0.05) is 18.4 Å². The number of nitrogens with zero attached hydrogens (tertiary/aromatic N) is 4. The summed E-state index contributed by atoms with van der Waals surface area (Å²) in [7, 11) is 0. The minimum atomic E-state index is -0.186. The molecule has 0 fully saturated rings. The number of amides is 1. The van der Waals surface area contributed by atoms with Crippen LogP contribution in [0.5, 0.6) is 0 Å². The van der Waals surface area contributed by atoms with Crippen LogP contribution in [0.15, 0.2) is 43.0 Å². The predicted octanol–water partition coefficient (Wildman–Crippen LogP) is 2.36. The summed E-state index contributed by atoms with van der Waals surface area (Å²) >= 11 is 0. The predicted molar refractivity (Wildman–Crippen MR) is 75.8 cm³/mol. The van der Waals surface area contributed by atoms with Crippen molar-refractivity contribution >= 4 is 17.1 Å². The SMILES string of the molecule is CC(C)n1cc(NC(=O)c2cnn3ccccc23)cn1. The van der Waals surface area contributed by atoms with Crippen LogP contribution in [0.3, 0.4) is 0 Å². The molecule has 0 spiro atoms. The lowest BCUT2D eigenvalue weighted by Crippen LogP contribution is -2.11. The van der Waals surface area contributed by atoms with Gasteiger partial charge in [-0.3, -0.25) is 9.48 Å². The van der Waals surface area contributed by atoms with Crippen LogP contribution in [-0.2, 0) is 0 Å². The normalized spacial score (nSPS) is 11.2. The van der Waals surface area contributed by atoms with Gasteiger partial charge in [0.1, 0.15) is 0 Å². The summed E-state index contributed by atoms with van der Waals surface area (Å²) in [5, 5.41) is 11.2. The van der Waals surface area contributed by atoms with Crippen molar-refractivity contribution in [2.75, 3.05) is 5.32 Å². The van der Waals surface area contributed by atoms with Gasteiger partial charge < -0.3 is 5.32 Å². The number of fused-ring (bicyclic) bond motifs is 1. The van der Waals surface area contributed by atoms with Crippen molar-refractivity contribution in [1.82, 2.24) is 19.4 Å². The first-order valence-electron chi connectivity index (χ1n) is 6.43. The first-order valence-corrected chi connectivity index (χ1v) is 6.43. The smallest absolute Gasteiger partial charge is 0.259 e. The molecule has 1 amide bonds. The molecule has 102 valence electrons. The van der Waals surface area contributed by atoms with Gasteiger partial charge in [-0.25, -0.2) is 4.52 Å². The van der Waals surface area contributed by atoms with E-state index in [-0.39, 0.29) is 11.9 Å². The van der Waals surface area contributed by atoms with Crippen molar-refractivity contribution in [1.29, 1.82) is 0 Å². The van der Waals surface area contributed by atoms with Gasteiger partial charge in [-0.1, -0.05) is 6.07 Å². The molecule has 0 aromatic carbocycles. The Labute approximate surface area is 116 Å². The number of carbonyl (C=O) groups excluding carboxylic acids is 1. The van der Waals surface area contributed by atoms with Crippen LogP contribution in [-0.4, -0.2) is 25.3 Å². The zero-order valence-corrected chi connectivity index (χ0v) is 11.3. The van der Waals surface area contributed by atoms with Crippen LogP contribution < -0.4 is 5.32 Å². The molecule has 0 unspecified atom stereocenters. The van der Waals surface area contributed by atoms with E-state index in [4.69, 9.17) is 0 Å². The highest BCUT2D eigenvalue weighted by atomic mass is 16.1. The summed E-state index contributed by atoms with van der Waals surface area (Å²) in [5.41, 5.74) is 2.00. The molecule has 0 saturated heterocycles. The molecule has 0 aliphatic rings. The number of hydrogen-bond acceptors (Lipinski definition) is 3. The number of pyridine rings is 1. The molecule has 3 rings (SSSR count). The maximum atomic E-state index is 12.3. The Bertz CT molecular complexity index is 756. The molecular formula is C14H15N5O. The summed E-state index contributed by atoms with van der Waals surface area (Å²) in [4.78, 5) is 12.3. The molecule has 3 heterocycles. The van der Waals surface area contributed by atoms with E-state index < -0.39 is 0 Å². The molecule has 20 heavy (non-hydrogen) atoms. The summed E-state index contributed by atoms with van der Waals surface area (Å²) in [6.07, 6.45) is 6.83. The molecule has 0 saturated carbocycles. The van der Waals surface area contributed by atoms with Gasteiger partial charge in [0.2, 0.25) is 0 Å². The van der Waals surface area contributed by atoms with Gasteiger partial charge in [0.25, 0.3) is 5.91 Å². The van der Waals surface area contributed by atoms with E-state index in [2.05, 4.69) is 15.5 Å². The molecule has 0 bridgehead atoms. The van der Waals surface area contributed by atoms with Crippen LogP contribution in [0.1, 0.15) is 30.2 Å². The molecule has 0 aliphatic carbocycles. The van der Waals surface area contributed by atoms with E-state index in [9.17, 15) is 4.79 Å². The Hall–Kier alpha value is -2.63. The zero-order chi connectivity index (χ0) is 14.1. The fraction of sp³-hybridized carbons (Fsp3) is 0.214. The lowest BCUT2D eigenvalue weighted by Gasteiger charge is -2.03. The van der Waals surface area contributed by atoms with Gasteiger partial charge in [0.05, 0.1) is 29.2 Å². The van der Waals surface area contributed by atoms with E-state index >= 15 is 0 Å². The third kappa shape index (κ3) is 2.16. The second-order valence-corrected chi connectivity index (χ2v) is 4.85. The Morgan fingerprint density at radius 2 is 2.10 bits per heavy atom. The minimum Gasteiger partial charge on any atom is -0.319 e. The Kier molecular flexibility index (Phi) is 2.98. The highest BCUT2D eigenvalue weighted by Gasteiger charge is 2.13. The van der Waals surface area contributed by atoms with Crippen LogP contribution in [0, 0.1) is 0 Å². The Balaban J connectivity index is 1.85. The monoisotopic (exact) mass is 269 g/mol. The lowest BCUT2D eigenvalue weighted by atomic mass is 10.2. The third-order valence-electron chi connectivity index (χ3n) is 3.06. The molecular weight excluding hydrogens is 254 g/mol. The van der Waals surface area contributed by atoms with Crippen molar-refractivity contribution in [3.8, 4) is 0 Å². The third-order valence-corrected chi connectivity index (χ3v) is 3.06. The summed E-state index contributed by atoms with van der Waals surface area (Å²) in [5.74, 6) is -0.186. The van der Waals surface area contributed by atoms with E-state index in [1.54, 1.807) is 21.6 Å². The molecule has 6 heteroatoms. The minimum absolute atomic E-state index is 0.186. The highest BCUT2D eigenvalue weighted by molar-refractivity contribution is 6.08. The molecule has 3 aromatic heterocycles. The van der Waals surface area contributed by atoms with Gasteiger partial charge in [-0.05, 0) is 26.0 Å². The van der Waals surface area contributed by atoms with E-state index in [0.29, 0.717) is 11.3 Å². The molecule has 0 aliphatic heterocycles. The van der Waals surface area contributed by atoms with Gasteiger partial charge in [0.15, 0.2) is 0 Å². The van der Waals surface area contributed by atoms with E-state index in [1.807, 2.05) is 44.4 Å². The van der Waals surface area contributed by atoms with E-state index in [0.717, 1.165) is 5.52 Å². The topological polar surface area (TPSA) is 64.2 Å². The van der Waals surface area contributed by atoms with Crippen molar-refractivity contribution in [2.45, 2.75) is 19.9 Å². The second-order valence-electron chi connectivity index (χ2n) is 4.85. The van der Waals surface area contributed by atoms with Crippen molar-refractivity contribution in [2.24, 2.45) is 0 Å². The number of anilines is 1. The fourth-order valence-electron chi connectivity index (χ4n) is 1.99. The van der Waals surface area contributed by atoms with Gasteiger partial charge in [-0.2, -0.15) is 10.2 Å². The summed E-state index contributed by atoms with van der Waals surface area (Å²) in [6.45, 7) is 4.06. The molecule has 1 N–H and O–H groups in total. The Morgan fingerprint density at radius 3 is 2.85 bits per heavy atom. The van der Waals surface area contributed by atoms with Gasteiger partial charge in [-0.15, -0.1) is 0 Å². The highest BCUT2D eigenvalue weighted by Crippen LogP contribution is 2.14. The number of hydrogen-bond donors (Lipinski definition) is 1. The van der Waals surface area contributed by atoms with Gasteiger partial charge >= 0.3 is 0 Å². The van der Waals surface area contributed by atoms with Crippen molar-refractivity contribution in [3.63, 3.8) is 0 Å². The van der Waals surface area contributed by atoms with Crippen molar-refractivity contribution in [3.05, 3.63) is 48.5 Å². The number of carbonyl (C=O) groups is 1. The number of rotatable bonds is 3. The average molecular weight is 269 g/mol. The van der Waals surface area contributed by atoms with Crippen LogP contribution in [0.2, 0.25) is 0 Å². The number of nitrogens with one attached hydrogen (secondary N) is 1. The largest absolute Gasteiger partial charge is 0.319 e. The fourth-order valence-corrected chi connectivity index (χ4v) is 1.99. The maximum Gasteiger partial charge on any atom is 0.259 e. The second kappa shape index (κ2) is 4.80. The van der Waals surface area contributed by atoms with Crippen LogP contribution in [0.4, 0.5) is 5.69 Å². The van der Waals surface area contributed by atoms with E-state index in [1.165, 1.54) is 0 Å². The molecule has 0 atom stereocenters. The Morgan fingerprint density at radius 1 is 1.25 bits per heavy atom. The first kappa shape index (κ1) is 12.4. The summed E-state index contributed by atoms with van der Waals surface area (Å²) < 4.78 is 3.47. The summed E-state index contributed by atoms with van der Waals surface area (Å²) in [6, 6.07) is 5.87. The molecule has 6 nitrogen and oxygen atoms in total. The lowest BCUT2D eigenvalue weighted by molar-refractivity contribution is 0.102. The number of aromatic nitrogens is 4. The maximum absolute atomic E-state index is 12.3. The van der Waals surface area contributed by atoms with Crippen LogP contribution in [0.25, 0.3) is 5.52 Å². The quantitative estimate of drug-likeness (QED) is 0.794. The molecule has 0 radical (unpaired) electrons. The zero-order valence-electron chi connectivity index (χ0n) is 11.3. The average Bonchev–Trinajstić information content (AvgIpc) is 3.04. The first-order chi connectivity index (χ1) is 9.65.